The number of fused-ring (bicyclic) bond motifs is 1. The van der Waals surface area contributed by atoms with Crippen molar-refractivity contribution in [3.05, 3.63) is 49.1 Å². The van der Waals surface area contributed by atoms with Crippen LogP contribution in [0, 0.1) is 6.61 Å². The molecule has 3 nitrogen and oxygen atoms in total. The SMILES string of the molecule is NC(=O)CCC[CH]Oc1cccc2ccccc12. The molecule has 0 aliphatic rings. The molecule has 0 aromatic heterocycles. The van der Waals surface area contributed by atoms with Gasteiger partial charge in [0, 0.05) is 11.8 Å². The Morgan fingerprint density at radius 3 is 2.78 bits per heavy atom. The number of ether oxygens (including phenoxy) is 1. The van der Waals surface area contributed by atoms with Gasteiger partial charge in [-0.1, -0.05) is 36.4 Å². The zero-order valence-corrected chi connectivity index (χ0v) is 10.1. The molecule has 0 aliphatic carbocycles. The lowest BCUT2D eigenvalue weighted by Crippen LogP contribution is -2.09. The van der Waals surface area contributed by atoms with Gasteiger partial charge in [-0.3, -0.25) is 4.79 Å². The third-order valence-electron chi connectivity index (χ3n) is 2.71. The Morgan fingerprint density at radius 1 is 1.17 bits per heavy atom. The van der Waals surface area contributed by atoms with E-state index in [0.717, 1.165) is 22.9 Å². The fraction of sp³-hybridized carbons (Fsp3) is 0.200. The second-order valence-electron chi connectivity index (χ2n) is 4.12. The Balaban J connectivity index is 1.93. The highest BCUT2D eigenvalue weighted by Gasteiger charge is 2.01. The predicted octanol–water partition coefficient (Wildman–Crippen LogP) is 3.04. The van der Waals surface area contributed by atoms with Crippen LogP contribution in [0.25, 0.3) is 10.8 Å². The third kappa shape index (κ3) is 3.23. The lowest BCUT2D eigenvalue weighted by Gasteiger charge is -2.08. The van der Waals surface area contributed by atoms with Crippen molar-refractivity contribution < 1.29 is 9.53 Å². The number of hydrogen-bond acceptors (Lipinski definition) is 2. The van der Waals surface area contributed by atoms with Gasteiger partial charge >= 0.3 is 0 Å². The van der Waals surface area contributed by atoms with Crippen molar-refractivity contribution in [1.82, 2.24) is 0 Å². The van der Waals surface area contributed by atoms with Gasteiger partial charge in [0.25, 0.3) is 0 Å². The maximum absolute atomic E-state index is 10.6. The van der Waals surface area contributed by atoms with Crippen LogP contribution in [0.1, 0.15) is 19.3 Å². The maximum Gasteiger partial charge on any atom is 0.217 e. The van der Waals surface area contributed by atoms with Gasteiger partial charge in [0.2, 0.25) is 5.91 Å². The molecule has 2 rings (SSSR count). The molecule has 2 N–H and O–H groups in total. The van der Waals surface area contributed by atoms with Gasteiger partial charge in [-0.2, -0.15) is 0 Å². The second-order valence-corrected chi connectivity index (χ2v) is 4.12. The molecule has 1 amide bonds. The number of hydrogen-bond donors (Lipinski definition) is 1. The van der Waals surface area contributed by atoms with Gasteiger partial charge < -0.3 is 10.5 Å². The molecule has 18 heavy (non-hydrogen) atoms. The Kier molecular flexibility index (Phi) is 4.18. The fourth-order valence-electron chi connectivity index (χ4n) is 1.81. The number of rotatable bonds is 6. The molecule has 0 saturated carbocycles. The highest BCUT2D eigenvalue weighted by molar-refractivity contribution is 5.88. The standard InChI is InChI=1S/C15H16NO2/c16-15(17)10-3-4-11-18-14-9-5-7-12-6-1-2-8-13(12)14/h1-2,5-9,11H,3-4,10H2,(H2,16,17). The summed E-state index contributed by atoms with van der Waals surface area (Å²) < 4.78 is 5.62. The number of amides is 1. The fourth-order valence-corrected chi connectivity index (χ4v) is 1.81. The smallest absolute Gasteiger partial charge is 0.217 e. The number of primary amides is 1. The van der Waals surface area contributed by atoms with Crippen LogP contribution in [-0.4, -0.2) is 5.91 Å². The van der Waals surface area contributed by atoms with E-state index in [1.165, 1.54) is 0 Å². The van der Waals surface area contributed by atoms with E-state index < -0.39 is 0 Å². The summed E-state index contributed by atoms with van der Waals surface area (Å²) in [7, 11) is 0. The average Bonchev–Trinajstić information content (AvgIpc) is 2.38. The summed E-state index contributed by atoms with van der Waals surface area (Å²) >= 11 is 0. The first-order valence-electron chi connectivity index (χ1n) is 6.02. The number of carbonyl (C=O) groups excluding carboxylic acids is 1. The zero-order valence-electron chi connectivity index (χ0n) is 10.1. The summed E-state index contributed by atoms with van der Waals surface area (Å²) in [5.41, 5.74) is 5.07. The second kappa shape index (κ2) is 6.05. The normalized spacial score (nSPS) is 10.4. The molecule has 0 spiro atoms. The molecule has 3 heteroatoms. The molecule has 0 fully saturated rings. The van der Waals surface area contributed by atoms with Gasteiger partial charge in [-0.25, -0.2) is 0 Å². The van der Waals surface area contributed by atoms with Crippen LogP contribution in [-0.2, 0) is 4.79 Å². The minimum absolute atomic E-state index is 0.270. The molecule has 0 aliphatic heterocycles. The van der Waals surface area contributed by atoms with Crippen molar-refractivity contribution in [1.29, 1.82) is 0 Å². The highest BCUT2D eigenvalue weighted by Crippen LogP contribution is 2.25. The molecular formula is C15H16NO2. The topological polar surface area (TPSA) is 52.3 Å². The van der Waals surface area contributed by atoms with E-state index in [1.807, 2.05) is 30.3 Å². The third-order valence-corrected chi connectivity index (χ3v) is 2.71. The first kappa shape index (κ1) is 12.4. The zero-order chi connectivity index (χ0) is 12.8. The van der Waals surface area contributed by atoms with Gasteiger partial charge in [0.05, 0.1) is 0 Å². The van der Waals surface area contributed by atoms with E-state index in [9.17, 15) is 4.79 Å². The summed E-state index contributed by atoms with van der Waals surface area (Å²) in [5, 5.41) is 2.24. The van der Waals surface area contributed by atoms with E-state index in [4.69, 9.17) is 10.5 Å². The molecule has 2 aromatic rings. The van der Waals surface area contributed by atoms with Gasteiger partial charge in [0.1, 0.15) is 12.4 Å². The quantitative estimate of drug-likeness (QED) is 0.791. The molecular weight excluding hydrogens is 226 g/mol. The number of unbranched alkanes of at least 4 members (excludes halogenated alkanes) is 1. The van der Waals surface area contributed by atoms with Crippen LogP contribution in [0.15, 0.2) is 42.5 Å². The largest absolute Gasteiger partial charge is 0.486 e. The van der Waals surface area contributed by atoms with Crippen molar-refractivity contribution in [2.24, 2.45) is 5.73 Å². The molecule has 0 heterocycles. The predicted molar refractivity (Wildman–Crippen MR) is 71.9 cm³/mol. The summed E-state index contributed by atoms with van der Waals surface area (Å²) in [6, 6.07) is 14.0. The molecule has 2 aromatic carbocycles. The van der Waals surface area contributed by atoms with E-state index in [1.54, 1.807) is 6.61 Å². The highest BCUT2D eigenvalue weighted by atomic mass is 16.5. The number of carbonyl (C=O) groups is 1. The molecule has 0 unspecified atom stereocenters. The van der Waals surface area contributed by atoms with Crippen LogP contribution in [0.2, 0.25) is 0 Å². The van der Waals surface area contributed by atoms with Crippen LogP contribution in [0.5, 0.6) is 5.75 Å². The number of nitrogens with two attached hydrogens (primary N) is 1. The molecule has 93 valence electrons. The van der Waals surface area contributed by atoms with Crippen molar-refractivity contribution in [3.63, 3.8) is 0 Å². The van der Waals surface area contributed by atoms with E-state index in [2.05, 4.69) is 12.1 Å². The van der Waals surface area contributed by atoms with Crippen molar-refractivity contribution >= 4 is 16.7 Å². The lowest BCUT2D eigenvalue weighted by atomic mass is 10.1. The van der Waals surface area contributed by atoms with Crippen LogP contribution in [0.3, 0.4) is 0 Å². The maximum atomic E-state index is 10.6. The molecule has 0 bridgehead atoms. The molecule has 1 radical (unpaired) electrons. The minimum atomic E-state index is -0.270. The van der Waals surface area contributed by atoms with E-state index in [0.29, 0.717) is 12.8 Å². The molecule has 0 saturated heterocycles. The van der Waals surface area contributed by atoms with E-state index in [-0.39, 0.29) is 5.91 Å². The van der Waals surface area contributed by atoms with Gasteiger partial charge in [0.15, 0.2) is 0 Å². The van der Waals surface area contributed by atoms with Gasteiger partial charge in [-0.15, -0.1) is 0 Å². The molecule has 0 atom stereocenters. The van der Waals surface area contributed by atoms with Crippen molar-refractivity contribution in [2.75, 3.05) is 0 Å². The number of benzene rings is 2. The Morgan fingerprint density at radius 2 is 1.94 bits per heavy atom. The first-order valence-corrected chi connectivity index (χ1v) is 6.02. The monoisotopic (exact) mass is 242 g/mol. The summed E-state index contributed by atoms with van der Waals surface area (Å²) in [6.45, 7) is 1.73. The summed E-state index contributed by atoms with van der Waals surface area (Å²) in [6.07, 6.45) is 1.83. The summed E-state index contributed by atoms with van der Waals surface area (Å²) in [4.78, 5) is 10.6. The van der Waals surface area contributed by atoms with Crippen molar-refractivity contribution in [3.8, 4) is 5.75 Å². The Labute approximate surface area is 107 Å². The van der Waals surface area contributed by atoms with Crippen LogP contribution >= 0.6 is 0 Å². The lowest BCUT2D eigenvalue weighted by molar-refractivity contribution is -0.118. The summed E-state index contributed by atoms with van der Waals surface area (Å²) in [5.74, 6) is 0.570. The van der Waals surface area contributed by atoms with E-state index >= 15 is 0 Å². The first-order chi connectivity index (χ1) is 8.77. The van der Waals surface area contributed by atoms with Crippen LogP contribution < -0.4 is 10.5 Å². The van der Waals surface area contributed by atoms with Crippen molar-refractivity contribution in [2.45, 2.75) is 19.3 Å². The minimum Gasteiger partial charge on any atom is -0.486 e. The average molecular weight is 242 g/mol. The van der Waals surface area contributed by atoms with Crippen LogP contribution in [0.4, 0.5) is 0 Å². The Hall–Kier alpha value is -2.03. The van der Waals surface area contributed by atoms with Gasteiger partial charge in [-0.05, 0) is 24.3 Å². The Bertz CT molecular complexity index is 532.